The number of aryl methyl sites for hydroxylation is 1. The van der Waals surface area contributed by atoms with E-state index in [4.69, 9.17) is 14.2 Å². The number of nitrogens with one attached hydrogen (secondary N) is 1. The molecule has 0 spiro atoms. The molecule has 0 aliphatic carbocycles. The van der Waals surface area contributed by atoms with Gasteiger partial charge in [0, 0.05) is 11.6 Å². The second-order valence-electron chi connectivity index (χ2n) is 6.56. The van der Waals surface area contributed by atoms with E-state index in [9.17, 15) is 9.59 Å². The van der Waals surface area contributed by atoms with E-state index >= 15 is 0 Å². The van der Waals surface area contributed by atoms with Gasteiger partial charge in [-0.2, -0.15) is 0 Å². The average Bonchev–Trinajstić information content (AvgIpc) is 3.17. The predicted octanol–water partition coefficient (Wildman–Crippen LogP) is 2.59. The van der Waals surface area contributed by atoms with E-state index in [0.717, 1.165) is 11.1 Å². The number of rotatable bonds is 5. The summed E-state index contributed by atoms with van der Waals surface area (Å²) in [4.78, 5) is 29.2. The molecule has 8 heteroatoms. The Morgan fingerprint density at radius 3 is 2.79 bits per heavy atom. The third kappa shape index (κ3) is 3.91. The number of ether oxygens (including phenoxy) is 3. The van der Waals surface area contributed by atoms with Crippen molar-refractivity contribution in [2.45, 2.75) is 13.5 Å². The molecule has 0 fully saturated rings. The largest absolute Gasteiger partial charge is 0.495 e. The number of aromatic nitrogens is 2. The van der Waals surface area contributed by atoms with Crippen molar-refractivity contribution in [2.24, 2.45) is 0 Å². The summed E-state index contributed by atoms with van der Waals surface area (Å²) in [5, 5.41) is 2.77. The lowest BCUT2D eigenvalue weighted by atomic mass is 10.1. The fraction of sp³-hybridized carbons (Fsp3) is 0.190. The zero-order valence-corrected chi connectivity index (χ0v) is 16.0. The van der Waals surface area contributed by atoms with Gasteiger partial charge in [-0.15, -0.1) is 0 Å². The molecule has 0 radical (unpaired) electrons. The first-order valence-electron chi connectivity index (χ1n) is 8.94. The lowest BCUT2D eigenvalue weighted by Crippen LogP contribution is -2.27. The smallest absolute Gasteiger partial charge is 0.254 e. The Morgan fingerprint density at radius 2 is 2.00 bits per heavy atom. The minimum Gasteiger partial charge on any atom is -0.495 e. The Morgan fingerprint density at radius 1 is 1.17 bits per heavy atom. The van der Waals surface area contributed by atoms with Crippen molar-refractivity contribution < 1.29 is 19.0 Å². The summed E-state index contributed by atoms with van der Waals surface area (Å²) in [6, 6.07) is 12.2. The summed E-state index contributed by atoms with van der Waals surface area (Å²) in [5.41, 5.74) is 2.42. The van der Waals surface area contributed by atoms with Crippen LogP contribution in [0, 0.1) is 6.92 Å². The van der Waals surface area contributed by atoms with E-state index in [1.165, 1.54) is 24.1 Å². The molecule has 2 aromatic carbocycles. The van der Waals surface area contributed by atoms with Crippen LogP contribution in [0.3, 0.4) is 0 Å². The number of benzene rings is 2. The Hall–Kier alpha value is -3.81. The molecule has 0 saturated heterocycles. The lowest BCUT2D eigenvalue weighted by molar-refractivity contribution is -0.116. The summed E-state index contributed by atoms with van der Waals surface area (Å²) in [6.45, 7) is 1.93. The van der Waals surface area contributed by atoms with Crippen molar-refractivity contribution in [1.82, 2.24) is 9.55 Å². The molecule has 29 heavy (non-hydrogen) atoms. The highest BCUT2D eigenvalue weighted by Crippen LogP contribution is 2.35. The van der Waals surface area contributed by atoms with Gasteiger partial charge < -0.3 is 19.5 Å². The first-order valence-corrected chi connectivity index (χ1v) is 8.94. The van der Waals surface area contributed by atoms with Gasteiger partial charge in [-0.05, 0) is 42.8 Å². The fourth-order valence-electron chi connectivity index (χ4n) is 3.02. The Balaban J connectivity index is 1.51. The number of amides is 1. The van der Waals surface area contributed by atoms with Crippen LogP contribution in [-0.4, -0.2) is 29.4 Å². The van der Waals surface area contributed by atoms with Gasteiger partial charge in [0.15, 0.2) is 11.5 Å². The minimum atomic E-state index is -0.353. The molecular formula is C21H19N3O5. The number of carbonyl (C=O) groups excluding carboxylic acids is 1. The maximum Gasteiger partial charge on any atom is 0.254 e. The normalized spacial score (nSPS) is 11.9. The molecule has 0 unspecified atom stereocenters. The van der Waals surface area contributed by atoms with Crippen molar-refractivity contribution in [3.8, 4) is 28.5 Å². The van der Waals surface area contributed by atoms with E-state index in [1.807, 2.05) is 13.0 Å². The van der Waals surface area contributed by atoms with Crippen LogP contribution in [0.2, 0.25) is 0 Å². The van der Waals surface area contributed by atoms with Crippen LogP contribution < -0.4 is 25.1 Å². The maximum atomic E-state index is 12.5. The van der Waals surface area contributed by atoms with Crippen molar-refractivity contribution in [1.29, 1.82) is 0 Å². The number of anilines is 1. The molecule has 1 aliphatic rings. The lowest BCUT2D eigenvalue weighted by Gasteiger charge is -2.12. The number of hydrogen-bond donors (Lipinski definition) is 1. The second kappa shape index (κ2) is 7.67. The van der Waals surface area contributed by atoms with Crippen LogP contribution in [0.25, 0.3) is 11.3 Å². The van der Waals surface area contributed by atoms with Gasteiger partial charge in [0.1, 0.15) is 12.3 Å². The number of carbonyl (C=O) groups is 1. The van der Waals surface area contributed by atoms with Gasteiger partial charge in [0.25, 0.3) is 5.56 Å². The number of hydrogen-bond acceptors (Lipinski definition) is 6. The fourth-order valence-corrected chi connectivity index (χ4v) is 3.02. The highest BCUT2D eigenvalue weighted by atomic mass is 16.7. The molecule has 0 bridgehead atoms. The first kappa shape index (κ1) is 18.5. The van der Waals surface area contributed by atoms with Gasteiger partial charge in [-0.1, -0.05) is 6.07 Å². The summed E-state index contributed by atoms with van der Waals surface area (Å²) >= 11 is 0. The second-order valence-corrected chi connectivity index (χ2v) is 6.56. The number of fused-ring (bicyclic) bond motifs is 1. The number of methoxy groups -OCH3 is 1. The van der Waals surface area contributed by atoms with E-state index in [2.05, 4.69) is 10.3 Å². The molecule has 0 atom stereocenters. The van der Waals surface area contributed by atoms with Crippen molar-refractivity contribution in [3.05, 3.63) is 64.7 Å². The van der Waals surface area contributed by atoms with Gasteiger partial charge in [0.2, 0.25) is 12.7 Å². The molecule has 0 saturated carbocycles. The monoisotopic (exact) mass is 393 g/mol. The topological polar surface area (TPSA) is 91.7 Å². The summed E-state index contributed by atoms with van der Waals surface area (Å²) in [5.74, 6) is 1.46. The average molecular weight is 393 g/mol. The van der Waals surface area contributed by atoms with Crippen LogP contribution >= 0.6 is 0 Å². The van der Waals surface area contributed by atoms with E-state index in [0.29, 0.717) is 28.6 Å². The molecule has 3 aromatic rings. The standard InChI is InChI=1S/C21H19N3O5/c1-13-3-5-17(27-2)16(7-13)23-20(25)10-24-11-22-15(9-21(24)26)14-4-6-18-19(8-14)29-12-28-18/h3-9,11H,10,12H2,1-2H3,(H,23,25). The Bertz CT molecular complexity index is 1140. The van der Waals surface area contributed by atoms with Gasteiger partial charge in [-0.3, -0.25) is 14.2 Å². The molecule has 1 aliphatic heterocycles. The Kier molecular flexibility index (Phi) is 4.90. The van der Waals surface area contributed by atoms with Gasteiger partial charge in [-0.25, -0.2) is 4.98 Å². The summed E-state index contributed by atoms with van der Waals surface area (Å²) in [6.07, 6.45) is 1.36. The molecule has 1 amide bonds. The SMILES string of the molecule is COc1ccc(C)cc1NC(=O)Cn1cnc(-c2ccc3c(c2)OCO3)cc1=O. The third-order valence-corrected chi connectivity index (χ3v) is 4.49. The first-order chi connectivity index (χ1) is 14.0. The van der Waals surface area contributed by atoms with Gasteiger partial charge >= 0.3 is 0 Å². The molecule has 148 valence electrons. The zero-order chi connectivity index (χ0) is 20.4. The van der Waals surface area contributed by atoms with E-state index in [1.54, 1.807) is 30.3 Å². The van der Waals surface area contributed by atoms with Crippen LogP contribution in [0.4, 0.5) is 5.69 Å². The third-order valence-electron chi connectivity index (χ3n) is 4.49. The van der Waals surface area contributed by atoms with Crippen LogP contribution in [0.15, 0.2) is 53.6 Å². The Labute approximate surface area is 166 Å². The van der Waals surface area contributed by atoms with Crippen molar-refractivity contribution >= 4 is 11.6 Å². The molecule has 1 aromatic heterocycles. The highest BCUT2D eigenvalue weighted by molar-refractivity contribution is 5.92. The minimum absolute atomic E-state index is 0.162. The van der Waals surface area contributed by atoms with Crippen LogP contribution in [-0.2, 0) is 11.3 Å². The van der Waals surface area contributed by atoms with Gasteiger partial charge in [0.05, 0.1) is 24.8 Å². The van der Waals surface area contributed by atoms with Crippen LogP contribution in [0.1, 0.15) is 5.56 Å². The highest BCUT2D eigenvalue weighted by Gasteiger charge is 2.15. The molecule has 2 heterocycles. The molecular weight excluding hydrogens is 374 g/mol. The predicted molar refractivity (Wildman–Crippen MR) is 106 cm³/mol. The van der Waals surface area contributed by atoms with E-state index in [-0.39, 0.29) is 24.8 Å². The quantitative estimate of drug-likeness (QED) is 0.716. The molecule has 8 nitrogen and oxygen atoms in total. The number of nitrogens with zero attached hydrogens (tertiary/aromatic N) is 2. The molecule has 1 N–H and O–H groups in total. The van der Waals surface area contributed by atoms with E-state index < -0.39 is 0 Å². The summed E-state index contributed by atoms with van der Waals surface area (Å²) < 4.78 is 17.1. The molecule has 4 rings (SSSR count). The zero-order valence-electron chi connectivity index (χ0n) is 16.0. The van der Waals surface area contributed by atoms with Crippen molar-refractivity contribution in [3.63, 3.8) is 0 Å². The summed E-state index contributed by atoms with van der Waals surface area (Å²) in [7, 11) is 1.53. The van der Waals surface area contributed by atoms with Crippen molar-refractivity contribution in [2.75, 3.05) is 19.2 Å². The van der Waals surface area contributed by atoms with Crippen LogP contribution in [0.5, 0.6) is 17.2 Å². The maximum absolute atomic E-state index is 12.5.